The van der Waals surface area contributed by atoms with Crippen LogP contribution in [-0.2, 0) is 51.3 Å². The van der Waals surface area contributed by atoms with Gasteiger partial charge in [0.25, 0.3) is 0 Å². The second-order valence-corrected chi connectivity index (χ2v) is 6.26. The van der Waals surface area contributed by atoms with Gasteiger partial charge in [-0.1, -0.05) is 0 Å². The van der Waals surface area contributed by atoms with Gasteiger partial charge in [-0.2, -0.15) is 0 Å². The number of aromatic nitrogens is 6. The van der Waals surface area contributed by atoms with E-state index in [1.807, 2.05) is 0 Å². The van der Waals surface area contributed by atoms with Crippen molar-refractivity contribution in [3.63, 3.8) is 0 Å². The average molecular weight is 376 g/mol. The molecule has 0 fully saturated rings. The number of methoxy groups -OCH3 is 1. The Labute approximate surface area is 156 Å². The number of rotatable bonds is 7. The molecule has 0 bridgehead atoms. The number of imidazole rings is 3. The van der Waals surface area contributed by atoms with E-state index in [0.717, 1.165) is 0 Å². The fourth-order valence-electron chi connectivity index (χ4n) is 3.33. The lowest BCUT2D eigenvalue weighted by atomic mass is 9.99. The van der Waals surface area contributed by atoms with Crippen LogP contribution in [0.15, 0.2) is 18.6 Å². The molecule has 10 nitrogen and oxygen atoms in total. The summed E-state index contributed by atoms with van der Waals surface area (Å²) in [6.45, 7) is -0.559. The Bertz CT molecular complexity index is 824. The van der Waals surface area contributed by atoms with E-state index in [2.05, 4.69) is 15.0 Å². The van der Waals surface area contributed by atoms with Crippen molar-refractivity contribution in [3.05, 3.63) is 53.1 Å². The quantitative estimate of drug-likeness (QED) is 0.498. The zero-order valence-corrected chi connectivity index (χ0v) is 15.8. The SMILES string of the molecule is COC(c1ncc(CO)n1C)(c1ncc(CO)n1C)c1ncc(CO)n1C. The van der Waals surface area contributed by atoms with Gasteiger partial charge in [0, 0.05) is 28.3 Å². The van der Waals surface area contributed by atoms with Crippen LogP contribution in [0.2, 0.25) is 0 Å². The maximum atomic E-state index is 9.60. The topological polar surface area (TPSA) is 123 Å². The molecule has 3 aromatic heterocycles. The van der Waals surface area contributed by atoms with Crippen molar-refractivity contribution in [1.29, 1.82) is 0 Å². The number of aliphatic hydroxyl groups excluding tert-OH is 3. The van der Waals surface area contributed by atoms with Gasteiger partial charge in [-0.15, -0.1) is 0 Å². The molecule has 27 heavy (non-hydrogen) atoms. The Kier molecular flexibility index (Phi) is 5.16. The van der Waals surface area contributed by atoms with Crippen LogP contribution in [0.4, 0.5) is 0 Å². The molecule has 0 radical (unpaired) electrons. The standard InChI is InChI=1S/C17H24N6O4/c1-21-11(8-24)5-18-14(21)17(27-4,15-19-6-12(9-25)22(15)2)16-20-7-13(10-26)23(16)3/h5-7,24-26H,8-10H2,1-4H3. The molecule has 0 saturated heterocycles. The molecule has 0 spiro atoms. The van der Waals surface area contributed by atoms with Gasteiger partial charge in [0.2, 0.25) is 5.60 Å². The van der Waals surface area contributed by atoms with Crippen LogP contribution >= 0.6 is 0 Å². The van der Waals surface area contributed by atoms with Gasteiger partial charge >= 0.3 is 0 Å². The average Bonchev–Trinajstić information content (AvgIpc) is 3.35. The summed E-state index contributed by atoms with van der Waals surface area (Å²) in [4.78, 5) is 13.4. The maximum Gasteiger partial charge on any atom is 0.241 e. The van der Waals surface area contributed by atoms with Crippen molar-refractivity contribution in [2.45, 2.75) is 25.4 Å². The molecule has 0 amide bonds. The van der Waals surface area contributed by atoms with Gasteiger partial charge < -0.3 is 33.8 Å². The fraction of sp³-hybridized carbons (Fsp3) is 0.471. The summed E-state index contributed by atoms with van der Waals surface area (Å²) in [5.41, 5.74) is 0.464. The van der Waals surface area contributed by atoms with E-state index in [-0.39, 0.29) is 19.8 Å². The van der Waals surface area contributed by atoms with Gasteiger partial charge in [0.15, 0.2) is 17.5 Å². The first-order valence-corrected chi connectivity index (χ1v) is 8.37. The van der Waals surface area contributed by atoms with E-state index in [4.69, 9.17) is 4.74 Å². The van der Waals surface area contributed by atoms with E-state index in [1.54, 1.807) is 53.4 Å². The summed E-state index contributed by atoms with van der Waals surface area (Å²) < 4.78 is 11.2. The maximum absolute atomic E-state index is 9.60. The Hall–Kier alpha value is -2.53. The number of nitrogens with zero attached hydrogens (tertiary/aromatic N) is 6. The second kappa shape index (κ2) is 7.24. The van der Waals surface area contributed by atoms with Crippen molar-refractivity contribution in [1.82, 2.24) is 28.7 Å². The van der Waals surface area contributed by atoms with Crippen LogP contribution in [0.1, 0.15) is 34.6 Å². The van der Waals surface area contributed by atoms with Crippen molar-refractivity contribution in [2.24, 2.45) is 21.1 Å². The predicted octanol–water partition coefficient (Wildman–Crippen LogP) is -0.698. The predicted molar refractivity (Wildman–Crippen MR) is 94.3 cm³/mol. The minimum Gasteiger partial charge on any atom is -0.390 e. The number of hydrogen-bond acceptors (Lipinski definition) is 7. The summed E-state index contributed by atoms with van der Waals surface area (Å²) in [6.07, 6.45) is 4.69. The summed E-state index contributed by atoms with van der Waals surface area (Å²) in [5.74, 6) is 1.39. The van der Waals surface area contributed by atoms with Crippen molar-refractivity contribution in [3.8, 4) is 0 Å². The van der Waals surface area contributed by atoms with E-state index >= 15 is 0 Å². The Balaban J connectivity index is 2.38. The van der Waals surface area contributed by atoms with Crippen molar-refractivity contribution >= 4 is 0 Å². The van der Waals surface area contributed by atoms with Gasteiger partial charge in [-0.3, -0.25) is 0 Å². The highest BCUT2D eigenvalue weighted by Gasteiger charge is 2.48. The van der Waals surface area contributed by atoms with Crippen LogP contribution in [0, 0.1) is 0 Å². The largest absolute Gasteiger partial charge is 0.390 e. The number of ether oxygens (including phenoxy) is 1. The molecular weight excluding hydrogens is 352 g/mol. The number of hydrogen-bond donors (Lipinski definition) is 3. The Morgan fingerprint density at radius 1 is 0.741 bits per heavy atom. The van der Waals surface area contributed by atoms with Crippen LogP contribution in [0.5, 0.6) is 0 Å². The first-order valence-electron chi connectivity index (χ1n) is 8.37. The highest BCUT2D eigenvalue weighted by molar-refractivity contribution is 5.34. The van der Waals surface area contributed by atoms with Gasteiger partial charge in [-0.25, -0.2) is 15.0 Å². The van der Waals surface area contributed by atoms with Crippen LogP contribution in [0.3, 0.4) is 0 Å². The smallest absolute Gasteiger partial charge is 0.241 e. The lowest BCUT2D eigenvalue weighted by Gasteiger charge is -2.31. The molecular formula is C17H24N6O4. The van der Waals surface area contributed by atoms with Crippen molar-refractivity contribution in [2.75, 3.05) is 7.11 Å². The second-order valence-electron chi connectivity index (χ2n) is 6.26. The Morgan fingerprint density at radius 2 is 1.04 bits per heavy atom. The lowest BCUT2D eigenvalue weighted by Crippen LogP contribution is -2.40. The lowest BCUT2D eigenvalue weighted by molar-refractivity contribution is 0.0279. The number of aliphatic hydroxyl groups is 3. The van der Waals surface area contributed by atoms with Gasteiger partial charge in [0.05, 0.1) is 55.5 Å². The molecule has 0 atom stereocenters. The molecule has 10 heteroatoms. The first kappa shape index (κ1) is 19.2. The molecule has 0 aromatic carbocycles. The third-order valence-corrected chi connectivity index (χ3v) is 4.99. The van der Waals surface area contributed by atoms with Crippen LogP contribution in [0.25, 0.3) is 0 Å². The van der Waals surface area contributed by atoms with E-state index in [1.165, 1.54) is 7.11 Å². The third kappa shape index (κ3) is 2.69. The molecule has 146 valence electrons. The molecule has 0 aliphatic heterocycles. The summed E-state index contributed by atoms with van der Waals surface area (Å²) in [5, 5.41) is 28.8. The molecule has 3 aromatic rings. The Morgan fingerprint density at radius 3 is 1.22 bits per heavy atom. The molecule has 0 saturated carbocycles. The summed E-state index contributed by atoms with van der Waals surface area (Å²) in [7, 11) is 6.84. The van der Waals surface area contributed by atoms with Gasteiger partial charge in [-0.05, 0) is 0 Å². The zero-order chi connectivity index (χ0) is 19.8. The molecule has 3 rings (SSSR count). The fourth-order valence-corrected chi connectivity index (χ4v) is 3.33. The monoisotopic (exact) mass is 376 g/mol. The van der Waals surface area contributed by atoms with Crippen LogP contribution in [-0.4, -0.2) is 51.1 Å². The molecule has 0 aliphatic rings. The van der Waals surface area contributed by atoms with Gasteiger partial charge in [0.1, 0.15) is 0 Å². The van der Waals surface area contributed by atoms with E-state index < -0.39 is 5.60 Å². The molecule has 0 unspecified atom stereocenters. The normalized spacial score (nSPS) is 12.1. The van der Waals surface area contributed by atoms with Crippen LogP contribution < -0.4 is 0 Å². The molecule has 0 aliphatic carbocycles. The highest BCUT2D eigenvalue weighted by Crippen LogP contribution is 2.38. The minimum atomic E-state index is -1.33. The molecule has 3 heterocycles. The summed E-state index contributed by atoms with van der Waals surface area (Å²) >= 11 is 0. The first-order chi connectivity index (χ1) is 13.0. The summed E-state index contributed by atoms with van der Waals surface area (Å²) in [6, 6.07) is 0. The van der Waals surface area contributed by atoms with E-state index in [9.17, 15) is 15.3 Å². The van der Waals surface area contributed by atoms with Crippen molar-refractivity contribution < 1.29 is 20.1 Å². The van der Waals surface area contributed by atoms with E-state index in [0.29, 0.717) is 34.6 Å². The minimum absolute atomic E-state index is 0.186. The highest BCUT2D eigenvalue weighted by atomic mass is 16.5. The third-order valence-electron chi connectivity index (χ3n) is 4.99. The molecule has 3 N–H and O–H groups in total. The zero-order valence-electron chi connectivity index (χ0n) is 15.8.